The summed E-state index contributed by atoms with van der Waals surface area (Å²) in [7, 11) is -2.11. The Balaban J connectivity index is 2.07. The Hall–Kier alpha value is -2.35. The molecule has 0 aliphatic heterocycles. The highest BCUT2D eigenvalue weighted by Crippen LogP contribution is 2.24. The van der Waals surface area contributed by atoms with E-state index in [1.165, 1.54) is 25.3 Å². The van der Waals surface area contributed by atoms with Crippen molar-refractivity contribution < 1.29 is 22.5 Å². The maximum Gasteiger partial charge on any atom is 0.251 e. The van der Waals surface area contributed by atoms with Gasteiger partial charge in [0.15, 0.2) is 9.84 Å². The van der Waals surface area contributed by atoms with Gasteiger partial charge < -0.3 is 14.6 Å². The molecule has 1 aromatic heterocycles. The fraction of sp³-hybridized carbons (Fsp3) is 0.333. The lowest BCUT2D eigenvalue weighted by molar-refractivity contribution is 0.0953. The average molecular weight is 338 g/mol. The molecule has 0 spiro atoms. The molecule has 1 N–H and O–H groups in total. The number of benzene rings is 1. The van der Waals surface area contributed by atoms with Crippen LogP contribution in [0.3, 0.4) is 0 Å². The van der Waals surface area contributed by atoms with E-state index in [1.807, 2.05) is 0 Å². The first kappa shape index (κ1) is 17.0. The summed E-state index contributed by atoms with van der Waals surface area (Å²) in [6.07, 6.45) is 1.59. The number of rotatable bonds is 6. The van der Waals surface area contributed by atoms with Gasteiger partial charge in [-0.2, -0.15) is 0 Å². The first-order valence-corrected chi connectivity index (χ1v) is 8.79. The molecule has 0 unspecified atom stereocenters. The van der Waals surface area contributed by atoms with Crippen molar-refractivity contribution in [1.82, 2.24) is 10.5 Å². The van der Waals surface area contributed by atoms with Crippen LogP contribution >= 0.6 is 0 Å². The lowest BCUT2D eigenvalue weighted by atomic mass is 10.2. The van der Waals surface area contributed by atoms with E-state index < -0.39 is 9.84 Å². The monoisotopic (exact) mass is 338 g/mol. The molecule has 2 rings (SSSR count). The summed E-state index contributed by atoms with van der Waals surface area (Å²) in [6, 6.07) is 6.08. The molecule has 0 bridgehead atoms. The minimum Gasteiger partial charge on any atom is -0.495 e. The molecule has 0 aliphatic rings. The van der Waals surface area contributed by atoms with Crippen LogP contribution in [0.2, 0.25) is 0 Å². The number of ether oxygens (including phenoxy) is 1. The Morgan fingerprint density at radius 2 is 2.09 bits per heavy atom. The third-order valence-electron chi connectivity index (χ3n) is 3.17. The summed E-state index contributed by atoms with van der Waals surface area (Å²) < 4.78 is 33.5. The van der Waals surface area contributed by atoms with Crippen LogP contribution in [-0.4, -0.2) is 39.4 Å². The molecule has 2 aromatic rings. The van der Waals surface area contributed by atoms with Crippen LogP contribution in [0.4, 0.5) is 0 Å². The third-order valence-corrected chi connectivity index (χ3v) is 4.29. The number of nitrogens with one attached hydrogen (secondary N) is 1. The van der Waals surface area contributed by atoms with E-state index >= 15 is 0 Å². The number of aryl methyl sites for hydroxylation is 1. The number of carbonyl (C=O) groups excluding carboxylic acids is 1. The summed E-state index contributed by atoms with van der Waals surface area (Å²) in [4.78, 5) is 12.1. The van der Waals surface area contributed by atoms with Crippen molar-refractivity contribution in [3.05, 3.63) is 41.3 Å². The van der Waals surface area contributed by atoms with Crippen LogP contribution < -0.4 is 10.1 Å². The van der Waals surface area contributed by atoms with Crippen molar-refractivity contribution in [2.24, 2.45) is 0 Å². The zero-order valence-electron chi connectivity index (χ0n) is 13.1. The third kappa shape index (κ3) is 4.32. The Morgan fingerprint density at radius 3 is 2.65 bits per heavy atom. The molecule has 0 saturated heterocycles. The molecule has 1 amide bonds. The minimum atomic E-state index is -3.49. The first-order valence-electron chi connectivity index (χ1n) is 6.89. The van der Waals surface area contributed by atoms with Gasteiger partial charge in [0, 0.05) is 30.9 Å². The molecule has 1 aromatic carbocycles. The van der Waals surface area contributed by atoms with E-state index in [4.69, 9.17) is 9.26 Å². The van der Waals surface area contributed by atoms with E-state index in [2.05, 4.69) is 10.5 Å². The second-order valence-corrected chi connectivity index (χ2v) is 7.06. The number of nitrogens with zero attached hydrogens (tertiary/aromatic N) is 1. The van der Waals surface area contributed by atoms with E-state index in [0.29, 0.717) is 18.7 Å². The Kier molecular flexibility index (Phi) is 5.05. The van der Waals surface area contributed by atoms with Gasteiger partial charge in [-0.1, -0.05) is 5.16 Å². The van der Waals surface area contributed by atoms with Crippen LogP contribution in [0.1, 0.15) is 21.8 Å². The molecular weight excluding hydrogens is 320 g/mol. The van der Waals surface area contributed by atoms with Gasteiger partial charge in [0.05, 0.1) is 12.8 Å². The molecule has 8 heteroatoms. The van der Waals surface area contributed by atoms with E-state index in [9.17, 15) is 13.2 Å². The first-order chi connectivity index (χ1) is 10.8. The number of carbonyl (C=O) groups is 1. The van der Waals surface area contributed by atoms with Gasteiger partial charge >= 0.3 is 0 Å². The van der Waals surface area contributed by atoms with Crippen LogP contribution in [0.25, 0.3) is 0 Å². The van der Waals surface area contributed by atoms with Gasteiger partial charge in [0.1, 0.15) is 16.4 Å². The lowest BCUT2D eigenvalue weighted by Crippen LogP contribution is -2.26. The summed E-state index contributed by atoms with van der Waals surface area (Å²) in [5, 5.41) is 6.55. The number of hydrogen-bond acceptors (Lipinski definition) is 6. The fourth-order valence-electron chi connectivity index (χ4n) is 2.05. The maximum absolute atomic E-state index is 12.1. The largest absolute Gasteiger partial charge is 0.495 e. The maximum atomic E-state index is 12.1. The van der Waals surface area contributed by atoms with Crippen molar-refractivity contribution in [2.45, 2.75) is 18.2 Å². The lowest BCUT2D eigenvalue weighted by Gasteiger charge is -2.09. The summed E-state index contributed by atoms with van der Waals surface area (Å²) in [6.45, 7) is 2.16. The van der Waals surface area contributed by atoms with Gasteiger partial charge in [-0.3, -0.25) is 4.79 Å². The van der Waals surface area contributed by atoms with Crippen LogP contribution in [0.15, 0.2) is 33.7 Å². The molecule has 1 heterocycles. The fourth-order valence-corrected chi connectivity index (χ4v) is 2.91. The Bertz CT molecular complexity index is 811. The van der Waals surface area contributed by atoms with Gasteiger partial charge in [-0.25, -0.2) is 8.42 Å². The van der Waals surface area contributed by atoms with Crippen molar-refractivity contribution >= 4 is 15.7 Å². The molecule has 124 valence electrons. The SMILES string of the molecule is COc1ccc(C(=O)NCCc2cc(C)on2)cc1S(C)(=O)=O. The Morgan fingerprint density at radius 1 is 1.35 bits per heavy atom. The molecule has 0 radical (unpaired) electrons. The molecular formula is C15H18N2O5S. The molecule has 23 heavy (non-hydrogen) atoms. The normalized spacial score (nSPS) is 11.3. The zero-order valence-corrected chi connectivity index (χ0v) is 13.9. The number of amides is 1. The van der Waals surface area contributed by atoms with Crippen LogP contribution in [-0.2, 0) is 16.3 Å². The highest BCUT2D eigenvalue weighted by Gasteiger charge is 2.17. The van der Waals surface area contributed by atoms with Crippen molar-refractivity contribution in [2.75, 3.05) is 19.9 Å². The Labute approximate surface area is 134 Å². The van der Waals surface area contributed by atoms with E-state index in [0.717, 1.165) is 11.9 Å². The predicted octanol–water partition coefficient (Wildman–Crippen LogP) is 1.37. The van der Waals surface area contributed by atoms with Gasteiger partial charge in [-0.15, -0.1) is 0 Å². The van der Waals surface area contributed by atoms with Gasteiger partial charge in [0.25, 0.3) is 5.91 Å². The van der Waals surface area contributed by atoms with Crippen molar-refractivity contribution in [3.63, 3.8) is 0 Å². The smallest absolute Gasteiger partial charge is 0.251 e. The van der Waals surface area contributed by atoms with Gasteiger partial charge in [0.2, 0.25) is 0 Å². The van der Waals surface area contributed by atoms with E-state index in [1.54, 1.807) is 13.0 Å². The van der Waals surface area contributed by atoms with Crippen LogP contribution in [0.5, 0.6) is 5.75 Å². The predicted molar refractivity (Wildman–Crippen MR) is 83.4 cm³/mol. The quantitative estimate of drug-likeness (QED) is 0.854. The highest BCUT2D eigenvalue weighted by atomic mass is 32.2. The number of aromatic nitrogens is 1. The second kappa shape index (κ2) is 6.82. The zero-order chi connectivity index (χ0) is 17.0. The summed E-state index contributed by atoms with van der Waals surface area (Å²) >= 11 is 0. The molecule has 0 atom stereocenters. The number of hydrogen-bond donors (Lipinski definition) is 1. The molecule has 0 aliphatic carbocycles. The van der Waals surface area contributed by atoms with Gasteiger partial charge in [-0.05, 0) is 25.1 Å². The molecule has 0 saturated carbocycles. The molecule has 7 nitrogen and oxygen atoms in total. The van der Waals surface area contributed by atoms with Crippen molar-refractivity contribution in [1.29, 1.82) is 0 Å². The highest BCUT2D eigenvalue weighted by molar-refractivity contribution is 7.90. The minimum absolute atomic E-state index is 0.0141. The number of methoxy groups -OCH3 is 1. The van der Waals surface area contributed by atoms with Crippen LogP contribution in [0, 0.1) is 6.92 Å². The second-order valence-electron chi connectivity index (χ2n) is 5.07. The standard InChI is InChI=1S/C15H18N2O5S/c1-10-8-12(17-22-10)6-7-16-15(18)11-4-5-13(21-2)14(9-11)23(3,19)20/h4-5,8-9H,6-7H2,1-3H3,(H,16,18). The van der Waals surface area contributed by atoms with Crippen molar-refractivity contribution in [3.8, 4) is 5.75 Å². The summed E-state index contributed by atoms with van der Waals surface area (Å²) in [5.74, 6) is 0.555. The number of sulfone groups is 1. The topological polar surface area (TPSA) is 98.5 Å². The molecule has 0 fully saturated rings. The summed E-state index contributed by atoms with van der Waals surface area (Å²) in [5.41, 5.74) is 0.997. The average Bonchev–Trinajstić information content (AvgIpc) is 2.91. The van der Waals surface area contributed by atoms with E-state index in [-0.39, 0.29) is 22.1 Å².